The third-order valence-corrected chi connectivity index (χ3v) is 6.09. The van der Waals surface area contributed by atoms with Crippen LogP contribution in [0.25, 0.3) is 0 Å². The van der Waals surface area contributed by atoms with E-state index < -0.39 is 0 Å². The first-order chi connectivity index (χ1) is 15.7. The lowest BCUT2D eigenvalue weighted by atomic mass is 10.1. The van der Waals surface area contributed by atoms with Crippen LogP contribution < -0.4 is 10.6 Å². The van der Waals surface area contributed by atoms with Crippen LogP contribution in [0.1, 0.15) is 128 Å². The van der Waals surface area contributed by atoms with Gasteiger partial charge in [-0.1, -0.05) is 115 Å². The Hall–Kier alpha value is -1.84. The molecule has 0 bridgehead atoms. The van der Waals surface area contributed by atoms with E-state index in [-0.39, 0.29) is 11.8 Å². The van der Waals surface area contributed by atoms with Crippen molar-refractivity contribution in [2.75, 3.05) is 0 Å². The normalized spacial score (nSPS) is 10.8. The molecule has 0 atom stereocenters. The molecule has 0 spiro atoms. The third kappa shape index (κ3) is 15.0. The molecule has 0 aliphatic rings. The van der Waals surface area contributed by atoms with Crippen LogP contribution in [0.4, 0.5) is 0 Å². The first-order valence-electron chi connectivity index (χ1n) is 13.3. The molecule has 0 saturated carbocycles. The number of hydrogen-bond donors (Lipinski definition) is 2. The quantitative estimate of drug-likeness (QED) is 0.209. The zero-order valence-electron chi connectivity index (χ0n) is 20.9. The number of hydrogen-bond acceptors (Lipinski definition) is 2. The molecule has 0 aromatic heterocycles. The summed E-state index contributed by atoms with van der Waals surface area (Å²) >= 11 is 0. The van der Waals surface area contributed by atoms with E-state index in [1.54, 1.807) is 0 Å². The Labute approximate surface area is 197 Å². The highest BCUT2D eigenvalue weighted by atomic mass is 16.2. The predicted octanol–water partition coefficient (Wildman–Crippen LogP) is 7.20. The summed E-state index contributed by atoms with van der Waals surface area (Å²) in [4.78, 5) is 24.4. The first-order valence-corrected chi connectivity index (χ1v) is 13.3. The Kier molecular flexibility index (Phi) is 17.5. The van der Waals surface area contributed by atoms with Crippen LogP contribution in [0.15, 0.2) is 24.3 Å². The van der Waals surface area contributed by atoms with Crippen molar-refractivity contribution in [3.8, 4) is 0 Å². The van der Waals surface area contributed by atoms with Crippen molar-refractivity contribution in [3.63, 3.8) is 0 Å². The number of carbonyl (C=O) groups excluding carboxylic acids is 2. The van der Waals surface area contributed by atoms with E-state index in [0.29, 0.717) is 25.9 Å². The van der Waals surface area contributed by atoms with Gasteiger partial charge in [-0.15, -0.1) is 0 Å². The van der Waals surface area contributed by atoms with E-state index in [1.807, 2.05) is 24.3 Å². The fraction of sp³-hybridized carbons (Fsp3) is 0.714. The van der Waals surface area contributed by atoms with E-state index in [1.165, 1.54) is 64.2 Å². The summed E-state index contributed by atoms with van der Waals surface area (Å²) in [6, 6.07) is 8.04. The van der Waals surface area contributed by atoms with Gasteiger partial charge < -0.3 is 10.6 Å². The topological polar surface area (TPSA) is 58.2 Å². The minimum Gasteiger partial charge on any atom is -0.352 e. The number of benzene rings is 1. The molecule has 0 fully saturated rings. The monoisotopic (exact) mass is 444 g/mol. The predicted molar refractivity (Wildman–Crippen MR) is 135 cm³/mol. The number of carbonyl (C=O) groups is 2. The highest BCUT2D eigenvalue weighted by Crippen LogP contribution is 2.11. The maximum Gasteiger partial charge on any atom is 0.220 e. The van der Waals surface area contributed by atoms with Gasteiger partial charge in [-0.2, -0.15) is 0 Å². The molecule has 0 unspecified atom stereocenters. The summed E-state index contributed by atoms with van der Waals surface area (Å²) in [6.07, 6.45) is 18.3. The van der Waals surface area contributed by atoms with Gasteiger partial charge in [0.25, 0.3) is 0 Å². The Morgan fingerprint density at radius 3 is 1.28 bits per heavy atom. The van der Waals surface area contributed by atoms with Crippen LogP contribution >= 0.6 is 0 Å². The van der Waals surface area contributed by atoms with Gasteiger partial charge in [-0.25, -0.2) is 0 Å². The van der Waals surface area contributed by atoms with Crippen molar-refractivity contribution in [2.24, 2.45) is 0 Å². The first kappa shape index (κ1) is 28.2. The number of nitrogens with one attached hydrogen (secondary N) is 2. The van der Waals surface area contributed by atoms with Gasteiger partial charge >= 0.3 is 0 Å². The largest absolute Gasteiger partial charge is 0.352 e. The zero-order valence-corrected chi connectivity index (χ0v) is 20.9. The average molecular weight is 445 g/mol. The molecule has 2 amide bonds. The van der Waals surface area contributed by atoms with E-state index in [2.05, 4.69) is 24.5 Å². The van der Waals surface area contributed by atoms with Crippen molar-refractivity contribution in [1.29, 1.82) is 0 Å². The molecule has 2 N–H and O–H groups in total. The molecule has 0 heterocycles. The van der Waals surface area contributed by atoms with Crippen LogP contribution in [0.2, 0.25) is 0 Å². The van der Waals surface area contributed by atoms with E-state index in [4.69, 9.17) is 0 Å². The summed E-state index contributed by atoms with van der Waals surface area (Å²) in [6.45, 7) is 5.51. The lowest BCUT2D eigenvalue weighted by molar-refractivity contribution is -0.122. The van der Waals surface area contributed by atoms with E-state index in [9.17, 15) is 9.59 Å². The van der Waals surface area contributed by atoms with Crippen molar-refractivity contribution in [3.05, 3.63) is 35.4 Å². The van der Waals surface area contributed by atoms with Crippen molar-refractivity contribution in [2.45, 2.75) is 130 Å². The van der Waals surface area contributed by atoms with Crippen molar-refractivity contribution >= 4 is 11.8 Å². The summed E-state index contributed by atoms with van der Waals surface area (Å²) in [5, 5.41) is 6.10. The third-order valence-electron chi connectivity index (χ3n) is 6.09. The fourth-order valence-corrected chi connectivity index (χ4v) is 3.95. The molecule has 4 heteroatoms. The molecule has 182 valence electrons. The maximum atomic E-state index is 12.2. The standard InChI is InChI=1S/C28H48N2O2/c1-3-5-7-9-11-13-15-21-27(31)29-23-25-19-17-18-20-26(25)24-30-28(32)22-16-14-12-10-8-6-4-2/h17-20H,3-16,21-24H2,1-2H3,(H,29,31)(H,30,32). The average Bonchev–Trinajstić information content (AvgIpc) is 2.80. The lowest BCUT2D eigenvalue weighted by Crippen LogP contribution is -2.25. The van der Waals surface area contributed by atoms with Crippen LogP contribution in [0.5, 0.6) is 0 Å². The summed E-state index contributed by atoms with van der Waals surface area (Å²) in [5.74, 6) is 0.243. The minimum atomic E-state index is 0.122. The van der Waals surface area contributed by atoms with Crippen LogP contribution in [0.3, 0.4) is 0 Å². The van der Waals surface area contributed by atoms with Crippen LogP contribution in [0, 0.1) is 0 Å². The molecule has 32 heavy (non-hydrogen) atoms. The SMILES string of the molecule is CCCCCCCCCC(=O)NCc1ccccc1CNC(=O)CCCCCCCCC. The second-order valence-corrected chi connectivity index (χ2v) is 9.06. The molecule has 0 radical (unpaired) electrons. The number of unbranched alkanes of at least 4 members (excludes halogenated alkanes) is 12. The smallest absolute Gasteiger partial charge is 0.220 e. The number of rotatable bonds is 20. The molecule has 0 aliphatic heterocycles. The molecule has 0 aliphatic carbocycles. The second-order valence-electron chi connectivity index (χ2n) is 9.06. The minimum absolute atomic E-state index is 0.122. The molecule has 1 aromatic rings. The summed E-state index contributed by atoms with van der Waals surface area (Å²) < 4.78 is 0. The lowest BCUT2D eigenvalue weighted by Gasteiger charge is -2.12. The highest BCUT2D eigenvalue weighted by molar-refractivity contribution is 5.76. The van der Waals surface area contributed by atoms with Gasteiger partial charge in [0.2, 0.25) is 11.8 Å². The molecule has 4 nitrogen and oxygen atoms in total. The Morgan fingerprint density at radius 2 is 0.906 bits per heavy atom. The van der Waals surface area contributed by atoms with Gasteiger partial charge in [0.1, 0.15) is 0 Å². The Bertz CT molecular complexity index is 562. The van der Waals surface area contributed by atoms with Crippen LogP contribution in [-0.2, 0) is 22.7 Å². The summed E-state index contributed by atoms with van der Waals surface area (Å²) in [7, 11) is 0. The highest BCUT2D eigenvalue weighted by Gasteiger charge is 2.07. The maximum absolute atomic E-state index is 12.2. The molecular weight excluding hydrogens is 396 g/mol. The van der Waals surface area contributed by atoms with Gasteiger partial charge in [0.15, 0.2) is 0 Å². The zero-order chi connectivity index (χ0) is 23.3. The Morgan fingerprint density at radius 1 is 0.562 bits per heavy atom. The van der Waals surface area contributed by atoms with Gasteiger partial charge in [0.05, 0.1) is 0 Å². The number of amides is 2. The van der Waals surface area contributed by atoms with E-state index >= 15 is 0 Å². The molecule has 1 aromatic carbocycles. The van der Waals surface area contributed by atoms with Crippen LogP contribution in [-0.4, -0.2) is 11.8 Å². The molecule has 0 saturated heterocycles. The van der Waals surface area contributed by atoms with Crippen molar-refractivity contribution < 1.29 is 9.59 Å². The molecule has 1 rings (SSSR count). The second kappa shape index (κ2) is 19.8. The van der Waals surface area contributed by atoms with Gasteiger partial charge in [-0.3, -0.25) is 9.59 Å². The molecular formula is C28H48N2O2. The van der Waals surface area contributed by atoms with E-state index in [0.717, 1.165) is 36.8 Å². The van der Waals surface area contributed by atoms with Gasteiger partial charge in [-0.05, 0) is 24.0 Å². The fourth-order valence-electron chi connectivity index (χ4n) is 3.95. The van der Waals surface area contributed by atoms with Crippen molar-refractivity contribution in [1.82, 2.24) is 10.6 Å². The summed E-state index contributed by atoms with van der Waals surface area (Å²) in [5.41, 5.74) is 2.16. The Balaban J connectivity index is 2.20. The van der Waals surface area contributed by atoms with Gasteiger partial charge in [0, 0.05) is 25.9 Å².